The largest absolute Gasteiger partial charge is 0.385 e. The second-order valence-corrected chi connectivity index (χ2v) is 5.23. The molecule has 122 valence electrons. The molecule has 0 saturated carbocycles. The zero-order chi connectivity index (χ0) is 16.5. The number of carbonyl (C=O) groups excluding carboxylic acids is 1. The van der Waals surface area contributed by atoms with Gasteiger partial charge in [0.1, 0.15) is 11.5 Å². The van der Waals surface area contributed by atoms with Crippen molar-refractivity contribution in [1.82, 2.24) is 15.3 Å². The third kappa shape index (κ3) is 5.67. The molecule has 0 radical (unpaired) electrons. The molecule has 0 spiro atoms. The first-order chi connectivity index (χ1) is 11.2. The van der Waals surface area contributed by atoms with Gasteiger partial charge in [-0.25, -0.2) is 4.98 Å². The summed E-state index contributed by atoms with van der Waals surface area (Å²) in [4.78, 5) is 20.5. The Hall–Kier alpha value is -2.47. The van der Waals surface area contributed by atoms with Crippen LogP contribution in [0.3, 0.4) is 0 Å². The molecule has 1 heterocycles. The van der Waals surface area contributed by atoms with Crippen LogP contribution in [0.2, 0.25) is 0 Å². The van der Waals surface area contributed by atoms with Gasteiger partial charge in [0.15, 0.2) is 0 Å². The highest BCUT2D eigenvalue weighted by Gasteiger charge is 2.08. The lowest BCUT2D eigenvalue weighted by atomic mass is 10.1. The van der Waals surface area contributed by atoms with Gasteiger partial charge in [-0.05, 0) is 18.9 Å². The molecule has 6 heteroatoms. The number of nitrogens with zero attached hydrogens (tertiary/aromatic N) is 2. The standard InChI is InChI=1S/C17H22N4O2/c1-13-5-3-6-14(9-13)10-20-17(22)15-11-18-12-16(21-15)19-7-4-8-23-2/h3,5-6,9,11-12H,4,7-8,10H2,1-2H3,(H,19,21)(H,20,22). The minimum Gasteiger partial charge on any atom is -0.385 e. The number of benzene rings is 1. The van der Waals surface area contributed by atoms with Crippen molar-refractivity contribution in [3.63, 3.8) is 0 Å². The lowest BCUT2D eigenvalue weighted by molar-refractivity contribution is 0.0945. The predicted molar refractivity (Wildman–Crippen MR) is 89.4 cm³/mol. The van der Waals surface area contributed by atoms with Crippen LogP contribution < -0.4 is 10.6 Å². The molecule has 0 aliphatic heterocycles. The smallest absolute Gasteiger partial charge is 0.271 e. The molecule has 6 nitrogen and oxygen atoms in total. The highest BCUT2D eigenvalue weighted by atomic mass is 16.5. The van der Waals surface area contributed by atoms with Gasteiger partial charge < -0.3 is 15.4 Å². The molecule has 2 N–H and O–H groups in total. The van der Waals surface area contributed by atoms with Gasteiger partial charge in [-0.2, -0.15) is 0 Å². The topological polar surface area (TPSA) is 76.1 Å². The van der Waals surface area contributed by atoms with Crippen molar-refractivity contribution in [2.24, 2.45) is 0 Å². The molecule has 2 rings (SSSR count). The van der Waals surface area contributed by atoms with Crippen LogP contribution in [-0.2, 0) is 11.3 Å². The summed E-state index contributed by atoms with van der Waals surface area (Å²) in [6.07, 6.45) is 3.93. The molecule has 0 aliphatic rings. The van der Waals surface area contributed by atoms with Crippen LogP contribution in [0.4, 0.5) is 5.82 Å². The van der Waals surface area contributed by atoms with Crippen LogP contribution in [0.15, 0.2) is 36.7 Å². The number of anilines is 1. The Balaban J connectivity index is 1.89. The lowest BCUT2D eigenvalue weighted by Gasteiger charge is -2.08. The summed E-state index contributed by atoms with van der Waals surface area (Å²) >= 11 is 0. The minimum atomic E-state index is -0.237. The van der Waals surface area contributed by atoms with E-state index < -0.39 is 0 Å². The highest BCUT2D eigenvalue weighted by molar-refractivity contribution is 5.92. The number of carbonyl (C=O) groups is 1. The van der Waals surface area contributed by atoms with Crippen molar-refractivity contribution in [1.29, 1.82) is 0 Å². The molecular weight excluding hydrogens is 292 g/mol. The van der Waals surface area contributed by atoms with E-state index >= 15 is 0 Å². The zero-order valence-electron chi connectivity index (χ0n) is 13.5. The van der Waals surface area contributed by atoms with E-state index in [4.69, 9.17) is 4.74 Å². The van der Waals surface area contributed by atoms with Crippen LogP contribution in [0.1, 0.15) is 28.0 Å². The number of aryl methyl sites for hydroxylation is 1. The summed E-state index contributed by atoms with van der Waals surface area (Å²) in [7, 11) is 1.67. The summed E-state index contributed by atoms with van der Waals surface area (Å²) in [5.74, 6) is 0.351. The summed E-state index contributed by atoms with van der Waals surface area (Å²) in [5.41, 5.74) is 2.52. The Labute approximate surface area is 136 Å². The van der Waals surface area contributed by atoms with Crippen molar-refractivity contribution in [2.75, 3.05) is 25.6 Å². The van der Waals surface area contributed by atoms with Gasteiger partial charge in [-0.15, -0.1) is 0 Å². The molecule has 2 aromatic rings. The number of methoxy groups -OCH3 is 1. The molecule has 0 aliphatic carbocycles. The van der Waals surface area contributed by atoms with E-state index in [1.807, 2.05) is 31.2 Å². The van der Waals surface area contributed by atoms with E-state index in [0.717, 1.165) is 18.5 Å². The average molecular weight is 314 g/mol. The van der Waals surface area contributed by atoms with E-state index in [0.29, 0.717) is 24.7 Å². The summed E-state index contributed by atoms with van der Waals surface area (Å²) in [6, 6.07) is 8.02. The van der Waals surface area contributed by atoms with Crippen LogP contribution in [-0.4, -0.2) is 36.1 Å². The molecular formula is C17H22N4O2. The van der Waals surface area contributed by atoms with Crippen molar-refractivity contribution >= 4 is 11.7 Å². The zero-order valence-corrected chi connectivity index (χ0v) is 13.5. The van der Waals surface area contributed by atoms with E-state index in [1.165, 1.54) is 11.8 Å². The maximum atomic E-state index is 12.2. The monoisotopic (exact) mass is 314 g/mol. The first-order valence-corrected chi connectivity index (χ1v) is 7.57. The summed E-state index contributed by atoms with van der Waals surface area (Å²) in [6.45, 7) is 3.89. The third-order valence-corrected chi connectivity index (χ3v) is 3.23. The molecule has 23 heavy (non-hydrogen) atoms. The molecule has 1 aromatic carbocycles. The molecule has 0 unspecified atom stereocenters. The maximum absolute atomic E-state index is 12.2. The Kier molecular flexibility index (Phi) is 6.50. The number of hydrogen-bond donors (Lipinski definition) is 2. The molecule has 1 amide bonds. The maximum Gasteiger partial charge on any atom is 0.271 e. The SMILES string of the molecule is COCCCNc1cncc(C(=O)NCc2cccc(C)c2)n1. The molecule has 1 aromatic heterocycles. The molecule has 0 fully saturated rings. The first-order valence-electron chi connectivity index (χ1n) is 7.57. The Morgan fingerprint density at radius 3 is 2.96 bits per heavy atom. The average Bonchev–Trinajstić information content (AvgIpc) is 2.57. The van der Waals surface area contributed by atoms with E-state index in [1.54, 1.807) is 13.3 Å². The number of amides is 1. The molecule has 0 saturated heterocycles. The fourth-order valence-corrected chi connectivity index (χ4v) is 2.09. The van der Waals surface area contributed by atoms with Crippen molar-refractivity contribution in [2.45, 2.75) is 19.9 Å². The summed E-state index contributed by atoms with van der Waals surface area (Å²) < 4.78 is 4.98. The van der Waals surface area contributed by atoms with Crippen LogP contribution >= 0.6 is 0 Å². The van der Waals surface area contributed by atoms with Gasteiger partial charge in [-0.3, -0.25) is 9.78 Å². The number of ether oxygens (including phenoxy) is 1. The second kappa shape index (κ2) is 8.85. The number of nitrogens with one attached hydrogen (secondary N) is 2. The Morgan fingerprint density at radius 1 is 1.30 bits per heavy atom. The van der Waals surface area contributed by atoms with E-state index in [2.05, 4.69) is 20.6 Å². The van der Waals surface area contributed by atoms with Crippen molar-refractivity contribution < 1.29 is 9.53 Å². The third-order valence-electron chi connectivity index (χ3n) is 3.23. The van der Waals surface area contributed by atoms with E-state index in [-0.39, 0.29) is 5.91 Å². The molecule has 0 bridgehead atoms. The van der Waals surface area contributed by atoms with E-state index in [9.17, 15) is 4.79 Å². The lowest BCUT2D eigenvalue weighted by Crippen LogP contribution is -2.24. The number of hydrogen-bond acceptors (Lipinski definition) is 5. The fourth-order valence-electron chi connectivity index (χ4n) is 2.09. The van der Waals surface area contributed by atoms with Gasteiger partial charge >= 0.3 is 0 Å². The van der Waals surface area contributed by atoms with Gasteiger partial charge in [0.25, 0.3) is 5.91 Å². The first kappa shape index (κ1) is 16.9. The summed E-state index contributed by atoms with van der Waals surface area (Å²) in [5, 5.41) is 5.98. The van der Waals surface area contributed by atoms with Crippen molar-refractivity contribution in [3.05, 3.63) is 53.5 Å². The number of rotatable bonds is 8. The highest BCUT2D eigenvalue weighted by Crippen LogP contribution is 2.05. The van der Waals surface area contributed by atoms with Crippen molar-refractivity contribution in [3.8, 4) is 0 Å². The normalized spacial score (nSPS) is 10.3. The van der Waals surface area contributed by atoms with Gasteiger partial charge in [0.2, 0.25) is 0 Å². The quantitative estimate of drug-likeness (QED) is 0.730. The van der Waals surface area contributed by atoms with Crippen LogP contribution in [0, 0.1) is 6.92 Å². The Bertz CT molecular complexity index is 646. The second-order valence-electron chi connectivity index (χ2n) is 5.23. The predicted octanol–water partition coefficient (Wildman–Crippen LogP) is 2.16. The van der Waals surface area contributed by atoms with Crippen LogP contribution in [0.25, 0.3) is 0 Å². The van der Waals surface area contributed by atoms with Gasteiger partial charge in [0.05, 0.1) is 12.4 Å². The van der Waals surface area contributed by atoms with Crippen LogP contribution in [0.5, 0.6) is 0 Å². The molecule has 0 atom stereocenters. The minimum absolute atomic E-state index is 0.237. The van der Waals surface area contributed by atoms with Gasteiger partial charge in [-0.1, -0.05) is 29.8 Å². The van der Waals surface area contributed by atoms with Gasteiger partial charge in [0, 0.05) is 26.8 Å². The fraction of sp³-hybridized carbons (Fsp3) is 0.353. The Morgan fingerprint density at radius 2 is 2.17 bits per heavy atom. The number of aromatic nitrogens is 2.